The monoisotopic (exact) mass is 516 g/mol. The molecule has 0 radical (unpaired) electrons. The second kappa shape index (κ2) is 10.1. The maximum absolute atomic E-state index is 6.83. The molecule has 1 aromatic heterocycles. The Bertz CT molecular complexity index is 1930. The summed E-state index contributed by atoms with van der Waals surface area (Å²) >= 11 is 0. The molecule has 0 N–H and O–H groups in total. The first-order chi connectivity index (χ1) is 19.7. The Morgan fingerprint density at radius 2 is 0.850 bits per heavy atom. The fourth-order valence-electron chi connectivity index (χ4n) is 5.36. The van der Waals surface area contributed by atoms with Gasteiger partial charge in [0, 0.05) is 34.4 Å². The van der Waals surface area contributed by atoms with E-state index in [-0.39, 0.29) is 0 Å². The van der Waals surface area contributed by atoms with E-state index in [2.05, 4.69) is 156 Å². The van der Waals surface area contributed by atoms with Crippen molar-refractivity contribution in [2.45, 2.75) is 6.92 Å². The maximum atomic E-state index is 6.83. The summed E-state index contributed by atoms with van der Waals surface area (Å²) < 4.78 is 6.83. The molecule has 7 rings (SSSR count). The van der Waals surface area contributed by atoms with Gasteiger partial charge < -0.3 is 4.42 Å². The third kappa shape index (κ3) is 4.38. The Hall–Kier alpha value is -5.28. The summed E-state index contributed by atoms with van der Waals surface area (Å²) in [5.74, 6) is 1.55. The molecule has 0 atom stereocenters. The van der Waals surface area contributed by atoms with Crippen LogP contribution >= 0.6 is 0 Å². The van der Waals surface area contributed by atoms with Crippen LogP contribution in [-0.4, -0.2) is 0 Å². The Labute approximate surface area is 234 Å². The number of nitrogens with zero attached hydrogens (tertiary/aromatic N) is 2. The van der Waals surface area contributed by atoms with E-state index < -0.39 is 0 Å². The Morgan fingerprint density at radius 1 is 0.400 bits per heavy atom. The van der Waals surface area contributed by atoms with Crippen LogP contribution in [0.1, 0.15) is 5.56 Å². The van der Waals surface area contributed by atoms with E-state index in [1.165, 1.54) is 21.5 Å². The number of furan rings is 1. The van der Waals surface area contributed by atoms with Gasteiger partial charge in [-0.25, -0.2) is 0 Å². The molecule has 0 amide bonds. The molecule has 3 nitrogen and oxygen atoms in total. The quantitative estimate of drug-likeness (QED) is 0.219. The number of aryl methyl sites for hydroxylation is 1. The van der Waals surface area contributed by atoms with Crippen LogP contribution in [0.15, 0.2) is 156 Å². The van der Waals surface area contributed by atoms with Gasteiger partial charge in [0.1, 0.15) is 0 Å². The van der Waals surface area contributed by atoms with Crippen LogP contribution in [0.2, 0.25) is 0 Å². The lowest BCUT2D eigenvalue weighted by molar-refractivity contribution is 0.578. The summed E-state index contributed by atoms with van der Waals surface area (Å²) in [5.41, 5.74) is 5.22. The molecule has 0 saturated carbocycles. The fraction of sp³-hybridized carbons (Fsp3) is 0.0270. The first-order valence-electron chi connectivity index (χ1n) is 13.5. The number of fused-ring (bicyclic) bond motifs is 2. The first-order valence-corrected chi connectivity index (χ1v) is 13.5. The van der Waals surface area contributed by atoms with Crippen molar-refractivity contribution in [2.75, 3.05) is 9.80 Å². The maximum Gasteiger partial charge on any atom is 0.210 e. The molecule has 0 spiro atoms. The van der Waals surface area contributed by atoms with Gasteiger partial charge in [-0.2, -0.15) is 0 Å². The predicted octanol–water partition coefficient (Wildman–Crippen LogP) is 10.8. The van der Waals surface area contributed by atoms with Gasteiger partial charge >= 0.3 is 0 Å². The molecular formula is C37H28N2O. The summed E-state index contributed by atoms with van der Waals surface area (Å²) in [6, 6.07) is 52.9. The van der Waals surface area contributed by atoms with Crippen molar-refractivity contribution in [1.29, 1.82) is 0 Å². The van der Waals surface area contributed by atoms with Gasteiger partial charge in [0.2, 0.25) is 11.8 Å². The molecule has 7 aromatic rings. The van der Waals surface area contributed by atoms with Crippen molar-refractivity contribution in [2.24, 2.45) is 0 Å². The Morgan fingerprint density at radius 3 is 1.40 bits per heavy atom. The lowest BCUT2D eigenvalue weighted by Crippen LogP contribution is -2.11. The van der Waals surface area contributed by atoms with Crippen LogP contribution < -0.4 is 9.80 Å². The van der Waals surface area contributed by atoms with Gasteiger partial charge in [0.05, 0.1) is 0 Å². The van der Waals surface area contributed by atoms with E-state index in [1.807, 2.05) is 12.1 Å². The molecular weight excluding hydrogens is 488 g/mol. The largest absolute Gasteiger partial charge is 0.423 e. The molecule has 0 aliphatic carbocycles. The van der Waals surface area contributed by atoms with E-state index in [4.69, 9.17) is 4.42 Å². The van der Waals surface area contributed by atoms with Crippen molar-refractivity contribution in [3.05, 3.63) is 157 Å². The number of hydrogen-bond donors (Lipinski definition) is 0. The average molecular weight is 517 g/mol. The minimum Gasteiger partial charge on any atom is -0.423 e. The summed E-state index contributed by atoms with van der Waals surface area (Å²) in [4.78, 5) is 4.39. The smallest absolute Gasteiger partial charge is 0.210 e. The summed E-state index contributed by atoms with van der Waals surface area (Å²) in [6.45, 7) is 2.11. The molecule has 6 aromatic carbocycles. The summed E-state index contributed by atoms with van der Waals surface area (Å²) in [6.07, 6.45) is 0. The standard InChI is InChI=1S/C37H28N2O/c1-27-24-36(38(32-16-4-2-5-17-32)34-22-20-28-12-8-10-14-30(28)25-34)40-37(27)39(33-18-6-3-7-19-33)35-23-21-29-13-9-11-15-31(29)26-35/h2-26H,1H3. The zero-order valence-corrected chi connectivity index (χ0v) is 22.2. The third-order valence-corrected chi connectivity index (χ3v) is 7.31. The highest BCUT2D eigenvalue weighted by atomic mass is 16.4. The molecule has 0 saturated heterocycles. The molecule has 0 aliphatic heterocycles. The number of anilines is 6. The molecule has 0 aliphatic rings. The summed E-state index contributed by atoms with van der Waals surface area (Å²) in [5, 5.41) is 4.80. The predicted molar refractivity (Wildman–Crippen MR) is 168 cm³/mol. The Balaban J connectivity index is 1.40. The van der Waals surface area contributed by atoms with Crippen LogP contribution in [-0.2, 0) is 0 Å². The minimum atomic E-state index is 0.760. The zero-order chi connectivity index (χ0) is 26.9. The highest BCUT2D eigenvalue weighted by Gasteiger charge is 2.23. The van der Waals surface area contributed by atoms with E-state index >= 15 is 0 Å². The lowest BCUT2D eigenvalue weighted by Gasteiger charge is -2.25. The molecule has 192 valence electrons. The fourth-order valence-corrected chi connectivity index (χ4v) is 5.36. The van der Waals surface area contributed by atoms with Gasteiger partial charge in [-0.1, -0.05) is 97.1 Å². The van der Waals surface area contributed by atoms with E-state index in [1.54, 1.807) is 0 Å². The van der Waals surface area contributed by atoms with E-state index in [0.29, 0.717) is 0 Å². The SMILES string of the molecule is Cc1cc(N(c2ccccc2)c2ccc3ccccc3c2)oc1N(c1ccccc1)c1ccc2ccccc2c1. The minimum absolute atomic E-state index is 0.760. The number of rotatable bonds is 6. The van der Waals surface area contributed by atoms with Crippen LogP contribution in [0.3, 0.4) is 0 Å². The Kier molecular flexibility index (Phi) is 6.02. The van der Waals surface area contributed by atoms with Crippen LogP contribution in [0.5, 0.6) is 0 Å². The third-order valence-electron chi connectivity index (χ3n) is 7.31. The average Bonchev–Trinajstić information content (AvgIpc) is 3.38. The highest BCUT2D eigenvalue weighted by Crippen LogP contribution is 2.44. The van der Waals surface area contributed by atoms with Crippen LogP contribution in [0.4, 0.5) is 34.5 Å². The topological polar surface area (TPSA) is 19.6 Å². The number of para-hydroxylation sites is 2. The number of benzene rings is 6. The molecule has 0 unspecified atom stereocenters. The number of hydrogen-bond acceptors (Lipinski definition) is 3. The molecule has 0 bridgehead atoms. The van der Waals surface area contributed by atoms with E-state index in [0.717, 1.165) is 40.1 Å². The van der Waals surface area contributed by atoms with Crippen LogP contribution in [0, 0.1) is 6.92 Å². The van der Waals surface area contributed by atoms with Crippen molar-refractivity contribution in [1.82, 2.24) is 0 Å². The van der Waals surface area contributed by atoms with E-state index in [9.17, 15) is 0 Å². The molecule has 3 heteroatoms. The molecule has 1 heterocycles. The first kappa shape index (κ1) is 23.8. The van der Waals surface area contributed by atoms with Crippen molar-refractivity contribution in [3.63, 3.8) is 0 Å². The second-order valence-electron chi connectivity index (χ2n) is 9.98. The van der Waals surface area contributed by atoms with Gasteiger partial charge in [-0.15, -0.1) is 0 Å². The normalized spacial score (nSPS) is 11.1. The van der Waals surface area contributed by atoms with Gasteiger partial charge in [0.15, 0.2) is 0 Å². The van der Waals surface area contributed by atoms with Gasteiger partial charge in [-0.05, 0) is 77.0 Å². The molecule has 0 fully saturated rings. The van der Waals surface area contributed by atoms with Crippen molar-refractivity contribution < 1.29 is 4.42 Å². The summed E-state index contributed by atoms with van der Waals surface area (Å²) in [7, 11) is 0. The van der Waals surface area contributed by atoms with Crippen molar-refractivity contribution >= 4 is 56.1 Å². The van der Waals surface area contributed by atoms with Crippen molar-refractivity contribution in [3.8, 4) is 0 Å². The van der Waals surface area contributed by atoms with Gasteiger partial charge in [0.25, 0.3) is 0 Å². The molecule has 40 heavy (non-hydrogen) atoms. The lowest BCUT2D eigenvalue weighted by atomic mass is 10.1. The van der Waals surface area contributed by atoms with Gasteiger partial charge in [-0.3, -0.25) is 9.80 Å². The highest BCUT2D eigenvalue weighted by molar-refractivity contribution is 5.91. The zero-order valence-electron chi connectivity index (χ0n) is 22.2. The second-order valence-corrected chi connectivity index (χ2v) is 9.98. The van der Waals surface area contributed by atoms with Crippen LogP contribution in [0.25, 0.3) is 21.5 Å².